The second kappa shape index (κ2) is 4.97. The van der Waals surface area contributed by atoms with Crippen LogP contribution >= 0.6 is 0 Å². The first-order valence-electron chi connectivity index (χ1n) is 3.05. The number of quaternary nitrogens is 1. The van der Waals surface area contributed by atoms with Crippen molar-refractivity contribution in [2.24, 2.45) is 0 Å². The predicted molar refractivity (Wildman–Crippen MR) is 41.0 cm³/mol. The summed E-state index contributed by atoms with van der Waals surface area (Å²) in [5, 5.41) is 10.1. The fraction of sp³-hybridized carbons (Fsp3) is 0.250. The maximum absolute atomic E-state index is 10.1. The summed E-state index contributed by atoms with van der Waals surface area (Å²) in [6.45, 7) is -0.00991. The monoisotopic (exact) mass is 139 g/mol. The first-order valence-corrected chi connectivity index (χ1v) is 3.05. The summed E-state index contributed by atoms with van der Waals surface area (Å²) in [5.41, 5.74) is 1.13. The van der Waals surface area contributed by atoms with Gasteiger partial charge in [-0.25, -0.2) is 0 Å². The lowest BCUT2D eigenvalue weighted by Gasteiger charge is -2.01. The Morgan fingerprint density at radius 3 is 2.20 bits per heavy atom. The Hall–Kier alpha value is -0.860. The van der Waals surface area contributed by atoms with Crippen LogP contribution < -0.4 is 11.3 Å². The van der Waals surface area contributed by atoms with Crippen LogP contribution in [0.1, 0.15) is 5.56 Å². The van der Waals surface area contributed by atoms with Crippen LogP contribution in [-0.4, -0.2) is 6.61 Å². The smallest absolute Gasteiger partial charge is 0.0433 e. The lowest BCUT2D eigenvalue weighted by molar-refractivity contribution is -0.366. The number of rotatable bonds is 2. The van der Waals surface area contributed by atoms with Crippen LogP contribution in [-0.2, 0) is 6.42 Å². The van der Waals surface area contributed by atoms with Crippen LogP contribution in [0.15, 0.2) is 30.3 Å². The second-order valence-electron chi connectivity index (χ2n) is 1.94. The Balaban J connectivity index is 0.000000810. The van der Waals surface area contributed by atoms with Gasteiger partial charge in [0.05, 0.1) is 0 Å². The van der Waals surface area contributed by atoms with Crippen LogP contribution in [0.2, 0.25) is 0 Å². The molecule has 1 rings (SSSR count). The molecular weight excluding hydrogens is 126 g/mol. The molecule has 2 nitrogen and oxygen atoms in total. The minimum Gasteiger partial charge on any atom is -0.854 e. The molecule has 0 heterocycles. The molecule has 0 aliphatic rings. The van der Waals surface area contributed by atoms with Crippen molar-refractivity contribution >= 4 is 0 Å². The molecule has 56 valence electrons. The Labute approximate surface area is 61.1 Å². The molecule has 0 fully saturated rings. The molecule has 0 aromatic heterocycles. The molecule has 0 bridgehead atoms. The van der Waals surface area contributed by atoms with E-state index in [9.17, 15) is 5.11 Å². The molecule has 4 N–H and O–H groups in total. The standard InChI is InChI=1S/C8H9O.H3N/c9-7-6-8-4-2-1-3-5-8;/h1-5H,6-7H2;1H3/q-1;/p+1. The first-order chi connectivity index (χ1) is 4.43. The second-order valence-corrected chi connectivity index (χ2v) is 1.94. The zero-order valence-corrected chi connectivity index (χ0v) is 6.21. The fourth-order valence-electron chi connectivity index (χ4n) is 0.763. The minimum absolute atomic E-state index is 0. The van der Waals surface area contributed by atoms with Crippen LogP contribution in [0.25, 0.3) is 0 Å². The van der Waals surface area contributed by atoms with E-state index in [0.29, 0.717) is 6.42 Å². The van der Waals surface area contributed by atoms with E-state index < -0.39 is 0 Å². The van der Waals surface area contributed by atoms with E-state index in [1.807, 2.05) is 30.3 Å². The molecule has 0 radical (unpaired) electrons. The van der Waals surface area contributed by atoms with Gasteiger partial charge < -0.3 is 11.3 Å². The highest BCUT2D eigenvalue weighted by Gasteiger charge is 1.81. The number of hydrogen-bond donors (Lipinski definition) is 1. The summed E-state index contributed by atoms with van der Waals surface area (Å²) in [5.74, 6) is 0. The van der Waals surface area contributed by atoms with E-state index in [1.165, 1.54) is 0 Å². The summed E-state index contributed by atoms with van der Waals surface area (Å²) < 4.78 is 0. The minimum atomic E-state index is -0.00991. The molecular formula is C8H13NO. The van der Waals surface area contributed by atoms with Gasteiger partial charge in [-0.15, -0.1) is 6.61 Å². The average molecular weight is 139 g/mol. The van der Waals surface area contributed by atoms with Gasteiger partial charge in [-0.3, -0.25) is 0 Å². The highest BCUT2D eigenvalue weighted by atomic mass is 16.2. The summed E-state index contributed by atoms with van der Waals surface area (Å²) >= 11 is 0. The van der Waals surface area contributed by atoms with E-state index in [4.69, 9.17) is 0 Å². The Morgan fingerprint density at radius 1 is 1.10 bits per heavy atom. The third kappa shape index (κ3) is 2.62. The molecule has 0 aliphatic carbocycles. The number of benzene rings is 1. The van der Waals surface area contributed by atoms with Crippen molar-refractivity contribution in [3.05, 3.63) is 35.9 Å². The summed E-state index contributed by atoms with van der Waals surface area (Å²) in [4.78, 5) is 0. The lowest BCUT2D eigenvalue weighted by atomic mass is 10.2. The van der Waals surface area contributed by atoms with Gasteiger partial charge in [0.2, 0.25) is 0 Å². The van der Waals surface area contributed by atoms with Crippen molar-refractivity contribution in [1.29, 1.82) is 0 Å². The topological polar surface area (TPSA) is 59.6 Å². The van der Waals surface area contributed by atoms with E-state index in [-0.39, 0.29) is 12.8 Å². The maximum atomic E-state index is 10.1. The predicted octanol–water partition coefficient (Wildman–Crippen LogP) is 0.966. The van der Waals surface area contributed by atoms with Crippen molar-refractivity contribution in [3.8, 4) is 0 Å². The highest BCUT2D eigenvalue weighted by Crippen LogP contribution is 1.96. The van der Waals surface area contributed by atoms with E-state index >= 15 is 0 Å². The molecule has 0 aliphatic heterocycles. The van der Waals surface area contributed by atoms with Gasteiger partial charge in [0.15, 0.2) is 0 Å². The Kier molecular flexibility index (Phi) is 4.54. The molecule has 0 amide bonds. The van der Waals surface area contributed by atoms with E-state index in [0.717, 1.165) is 5.56 Å². The van der Waals surface area contributed by atoms with Crippen LogP contribution in [0, 0.1) is 0 Å². The van der Waals surface area contributed by atoms with Crippen molar-refractivity contribution in [2.75, 3.05) is 6.61 Å². The van der Waals surface area contributed by atoms with Gasteiger partial charge in [0.25, 0.3) is 0 Å². The van der Waals surface area contributed by atoms with Crippen molar-refractivity contribution in [2.45, 2.75) is 6.42 Å². The molecule has 1 aromatic rings. The van der Waals surface area contributed by atoms with Gasteiger partial charge in [0.1, 0.15) is 0 Å². The fourth-order valence-corrected chi connectivity index (χ4v) is 0.763. The van der Waals surface area contributed by atoms with Gasteiger partial charge in [0, 0.05) is 0 Å². The van der Waals surface area contributed by atoms with Crippen molar-refractivity contribution in [3.63, 3.8) is 0 Å². The third-order valence-corrected chi connectivity index (χ3v) is 1.23. The lowest BCUT2D eigenvalue weighted by Crippen LogP contribution is -2.07. The van der Waals surface area contributed by atoms with Gasteiger partial charge in [-0.05, 0) is 12.0 Å². The number of hydrogen-bond acceptors (Lipinski definition) is 1. The summed E-state index contributed by atoms with van der Waals surface area (Å²) in [6.07, 6.45) is 0.654. The Morgan fingerprint density at radius 2 is 1.70 bits per heavy atom. The summed E-state index contributed by atoms with van der Waals surface area (Å²) in [6, 6.07) is 9.79. The molecule has 0 unspecified atom stereocenters. The van der Waals surface area contributed by atoms with E-state index in [1.54, 1.807) is 0 Å². The van der Waals surface area contributed by atoms with Crippen LogP contribution in [0.4, 0.5) is 0 Å². The zero-order valence-electron chi connectivity index (χ0n) is 6.21. The molecule has 0 spiro atoms. The maximum Gasteiger partial charge on any atom is -0.0433 e. The molecule has 1 aromatic carbocycles. The Bertz CT molecular complexity index is 162. The third-order valence-electron chi connectivity index (χ3n) is 1.23. The molecule has 0 saturated carbocycles. The molecule has 10 heavy (non-hydrogen) atoms. The van der Waals surface area contributed by atoms with Crippen molar-refractivity contribution in [1.82, 2.24) is 6.15 Å². The van der Waals surface area contributed by atoms with Gasteiger partial charge in [-0.1, -0.05) is 30.3 Å². The van der Waals surface area contributed by atoms with Gasteiger partial charge >= 0.3 is 0 Å². The van der Waals surface area contributed by atoms with Gasteiger partial charge in [-0.2, -0.15) is 0 Å². The van der Waals surface area contributed by atoms with Crippen LogP contribution in [0.3, 0.4) is 0 Å². The van der Waals surface area contributed by atoms with Crippen LogP contribution in [0.5, 0.6) is 0 Å². The first kappa shape index (κ1) is 9.14. The SMILES string of the molecule is [NH4+].[O-]CCc1ccccc1. The average Bonchev–Trinajstić information content (AvgIpc) is 1.91. The molecule has 2 heteroatoms. The normalized spacial score (nSPS) is 8.50. The molecule has 0 atom stereocenters. The zero-order chi connectivity index (χ0) is 6.53. The van der Waals surface area contributed by atoms with E-state index in [2.05, 4.69) is 0 Å². The summed E-state index contributed by atoms with van der Waals surface area (Å²) in [7, 11) is 0. The largest absolute Gasteiger partial charge is 0.854 e. The quantitative estimate of drug-likeness (QED) is 0.652. The highest BCUT2D eigenvalue weighted by molar-refractivity contribution is 5.14. The van der Waals surface area contributed by atoms with Crippen molar-refractivity contribution < 1.29 is 5.11 Å². The molecule has 0 saturated heterocycles.